The van der Waals surface area contributed by atoms with E-state index in [0.717, 1.165) is 11.5 Å². The van der Waals surface area contributed by atoms with Crippen molar-refractivity contribution in [1.82, 2.24) is 0 Å². The van der Waals surface area contributed by atoms with Gasteiger partial charge in [-0.25, -0.2) is 4.57 Å². The van der Waals surface area contributed by atoms with Crippen LogP contribution in [0, 0.1) is 0 Å². The van der Waals surface area contributed by atoms with Gasteiger partial charge in [0.25, 0.3) is 0 Å². The summed E-state index contributed by atoms with van der Waals surface area (Å²) in [6.45, 7) is 2.43. The first-order valence-electron chi connectivity index (χ1n) is 12.3. The van der Waals surface area contributed by atoms with Crippen LogP contribution in [0.15, 0.2) is 0 Å². The van der Waals surface area contributed by atoms with Gasteiger partial charge in [-0.1, -0.05) is 116 Å². The zero-order valence-electron chi connectivity index (χ0n) is 19.1. The fraction of sp³-hybridized carbons (Fsp3) is 1.00. The largest absolute Gasteiger partial charge is 0.469 e. The number of rotatable bonds is 24. The second-order valence-corrected chi connectivity index (χ2v) is 10.8. The molecule has 0 bridgehead atoms. The van der Waals surface area contributed by atoms with Gasteiger partial charge in [0.1, 0.15) is 0 Å². The van der Waals surface area contributed by atoms with Crippen molar-refractivity contribution in [1.29, 1.82) is 0 Å². The molecule has 0 radical (unpaired) electrons. The maximum Gasteiger partial charge on any atom is 0.469 e. The summed E-state index contributed by atoms with van der Waals surface area (Å²) in [7, 11) is -4.27. The predicted octanol–water partition coefficient (Wildman–Crippen LogP) is 8.26. The second-order valence-electron chi connectivity index (χ2n) is 8.30. The van der Waals surface area contributed by atoms with Crippen LogP contribution in [0.5, 0.6) is 0 Å². The highest BCUT2D eigenvalue weighted by atomic mass is 32.2. The van der Waals surface area contributed by atoms with Crippen molar-refractivity contribution in [2.45, 2.75) is 129 Å². The summed E-state index contributed by atoms with van der Waals surface area (Å²) < 4.78 is 14.9. The molecule has 0 saturated carbocycles. The molecule has 6 heteroatoms. The van der Waals surface area contributed by atoms with Crippen LogP contribution in [-0.2, 0) is 9.09 Å². The maximum absolute atomic E-state index is 10.5. The quantitative estimate of drug-likeness (QED) is 0.114. The average Bonchev–Trinajstić information content (AvgIpc) is 2.67. The van der Waals surface area contributed by atoms with Crippen LogP contribution < -0.4 is 0 Å². The molecule has 29 heavy (non-hydrogen) atoms. The number of unbranched alkanes of at least 4 members (excludes halogenated alkanes) is 17. The van der Waals surface area contributed by atoms with E-state index >= 15 is 0 Å². The molecule has 176 valence electrons. The van der Waals surface area contributed by atoms with Crippen LogP contribution in [0.25, 0.3) is 0 Å². The summed E-state index contributed by atoms with van der Waals surface area (Å²) in [4.78, 5) is 17.1. The highest BCUT2D eigenvalue weighted by molar-refractivity contribution is 7.99. The molecule has 2 N–H and O–H groups in total. The van der Waals surface area contributed by atoms with Gasteiger partial charge in [0.15, 0.2) is 0 Å². The molecule has 0 atom stereocenters. The van der Waals surface area contributed by atoms with Crippen LogP contribution in [0.4, 0.5) is 0 Å². The summed E-state index contributed by atoms with van der Waals surface area (Å²) in [5.74, 6) is 2.06. The molecule has 0 rings (SSSR count). The van der Waals surface area contributed by atoms with E-state index in [9.17, 15) is 4.57 Å². The summed E-state index contributed by atoms with van der Waals surface area (Å²) in [5, 5.41) is 0. The third-order valence-corrected chi connectivity index (χ3v) is 7.01. The first kappa shape index (κ1) is 29.5. The normalized spacial score (nSPS) is 12.0. The third kappa shape index (κ3) is 28.5. The molecule has 0 aromatic carbocycles. The number of phosphoric acid groups is 1. The van der Waals surface area contributed by atoms with Gasteiger partial charge in [-0.3, -0.25) is 4.52 Å². The molecule has 0 amide bonds. The fourth-order valence-corrected chi connectivity index (χ4v) is 4.85. The number of hydrogen-bond acceptors (Lipinski definition) is 3. The van der Waals surface area contributed by atoms with Crippen LogP contribution in [0.1, 0.15) is 129 Å². The SMILES string of the molecule is CCCCCCCCCCCCCCCCCCCCSCCCOP(=O)(O)O. The Morgan fingerprint density at radius 1 is 0.586 bits per heavy atom. The maximum atomic E-state index is 10.5. The standard InChI is InChI=1S/C23H49O4PS/c1-2-3-4-5-6-7-8-9-10-11-12-13-14-15-16-17-18-19-22-29-23-20-21-27-28(24,25)26/h2-23H2,1H3,(H2,24,25,26). The van der Waals surface area contributed by atoms with Crippen molar-refractivity contribution in [2.75, 3.05) is 18.1 Å². The van der Waals surface area contributed by atoms with Crippen molar-refractivity contribution >= 4 is 19.6 Å². The molecule has 0 aromatic heterocycles. The van der Waals surface area contributed by atoms with Crippen LogP contribution >= 0.6 is 19.6 Å². The van der Waals surface area contributed by atoms with E-state index < -0.39 is 7.82 Å². The minimum absolute atomic E-state index is 0.149. The summed E-state index contributed by atoms with van der Waals surface area (Å²) in [6, 6.07) is 0. The van der Waals surface area contributed by atoms with Crippen molar-refractivity contribution in [3.8, 4) is 0 Å². The highest BCUT2D eigenvalue weighted by Crippen LogP contribution is 2.35. The topological polar surface area (TPSA) is 66.8 Å². The van der Waals surface area contributed by atoms with Gasteiger partial charge in [0.2, 0.25) is 0 Å². The first-order valence-corrected chi connectivity index (χ1v) is 15.0. The van der Waals surface area contributed by atoms with Crippen molar-refractivity contribution in [3.05, 3.63) is 0 Å². The molecule has 0 saturated heterocycles. The molecular weight excluding hydrogens is 403 g/mol. The Labute approximate surface area is 185 Å². The third-order valence-electron chi connectivity index (χ3n) is 5.33. The van der Waals surface area contributed by atoms with E-state index in [1.807, 2.05) is 11.8 Å². The van der Waals surface area contributed by atoms with Gasteiger partial charge in [-0.15, -0.1) is 0 Å². The summed E-state index contributed by atoms with van der Waals surface area (Å²) in [6.07, 6.45) is 26.0. The van der Waals surface area contributed by atoms with Gasteiger partial charge in [0.05, 0.1) is 6.61 Å². The van der Waals surface area contributed by atoms with Gasteiger partial charge in [-0.05, 0) is 24.3 Å². The Morgan fingerprint density at radius 2 is 0.931 bits per heavy atom. The Balaban J connectivity index is 3.02. The lowest BCUT2D eigenvalue weighted by atomic mass is 10.0. The molecule has 4 nitrogen and oxygen atoms in total. The first-order chi connectivity index (χ1) is 14.1. The minimum Gasteiger partial charge on any atom is -0.303 e. The van der Waals surface area contributed by atoms with E-state index in [-0.39, 0.29) is 6.61 Å². The van der Waals surface area contributed by atoms with E-state index in [4.69, 9.17) is 9.79 Å². The lowest BCUT2D eigenvalue weighted by Crippen LogP contribution is -1.94. The van der Waals surface area contributed by atoms with Gasteiger partial charge >= 0.3 is 7.82 Å². The Hall–Kier alpha value is 0.460. The van der Waals surface area contributed by atoms with Crippen LogP contribution in [-0.4, -0.2) is 27.9 Å². The molecule has 0 spiro atoms. The van der Waals surface area contributed by atoms with Crippen molar-refractivity contribution in [3.63, 3.8) is 0 Å². The zero-order valence-corrected chi connectivity index (χ0v) is 20.8. The molecule has 0 aromatic rings. The van der Waals surface area contributed by atoms with E-state index in [2.05, 4.69) is 11.4 Å². The number of phosphoric ester groups is 1. The summed E-state index contributed by atoms with van der Waals surface area (Å²) >= 11 is 1.86. The zero-order chi connectivity index (χ0) is 21.5. The Morgan fingerprint density at radius 3 is 1.31 bits per heavy atom. The Kier molecular flexibility index (Phi) is 23.5. The minimum atomic E-state index is -4.27. The van der Waals surface area contributed by atoms with Crippen LogP contribution in [0.2, 0.25) is 0 Å². The molecule has 0 aliphatic rings. The lowest BCUT2D eigenvalue weighted by Gasteiger charge is -2.05. The fourth-order valence-electron chi connectivity index (χ4n) is 3.55. The van der Waals surface area contributed by atoms with E-state index in [1.165, 1.54) is 116 Å². The molecule has 0 heterocycles. The molecule has 0 aliphatic carbocycles. The molecule has 0 fully saturated rings. The number of thioether (sulfide) groups is 1. The molecule has 0 aliphatic heterocycles. The van der Waals surface area contributed by atoms with Gasteiger partial charge < -0.3 is 9.79 Å². The average molecular weight is 453 g/mol. The monoisotopic (exact) mass is 452 g/mol. The van der Waals surface area contributed by atoms with Crippen molar-refractivity contribution < 1.29 is 18.9 Å². The predicted molar refractivity (Wildman–Crippen MR) is 129 cm³/mol. The van der Waals surface area contributed by atoms with Crippen molar-refractivity contribution in [2.24, 2.45) is 0 Å². The van der Waals surface area contributed by atoms with Gasteiger partial charge in [0, 0.05) is 0 Å². The second kappa shape index (κ2) is 23.1. The number of hydrogen-bond donors (Lipinski definition) is 2. The van der Waals surface area contributed by atoms with E-state index in [0.29, 0.717) is 6.42 Å². The highest BCUT2D eigenvalue weighted by Gasteiger charge is 2.12. The van der Waals surface area contributed by atoms with Crippen LogP contribution in [0.3, 0.4) is 0 Å². The Bertz CT molecular complexity index is 363. The van der Waals surface area contributed by atoms with Gasteiger partial charge in [-0.2, -0.15) is 11.8 Å². The lowest BCUT2D eigenvalue weighted by molar-refractivity contribution is 0.198. The molecule has 0 unspecified atom stereocenters. The van der Waals surface area contributed by atoms with E-state index in [1.54, 1.807) is 0 Å². The summed E-state index contributed by atoms with van der Waals surface area (Å²) in [5.41, 5.74) is 0. The smallest absolute Gasteiger partial charge is 0.303 e. The molecular formula is C23H49O4PS.